The molecule has 6 heteroatoms. The van der Waals surface area contributed by atoms with Crippen molar-refractivity contribution in [3.63, 3.8) is 0 Å². The summed E-state index contributed by atoms with van der Waals surface area (Å²) in [5.74, 6) is 1.78. The normalized spacial score (nSPS) is 10.8. The first-order valence-electron chi connectivity index (χ1n) is 6.16. The molecule has 0 saturated carbocycles. The van der Waals surface area contributed by atoms with Gasteiger partial charge in [0, 0.05) is 20.1 Å². The van der Waals surface area contributed by atoms with Crippen LogP contribution in [-0.2, 0) is 0 Å². The number of hydrogen-bond acceptors (Lipinski definition) is 5. The zero-order valence-corrected chi connectivity index (χ0v) is 13.2. The Morgan fingerprint density at radius 1 is 1.22 bits per heavy atom. The molecule has 5 nitrogen and oxygen atoms in total. The minimum absolute atomic E-state index is 0.847. The maximum atomic E-state index is 4.33. The molecule has 0 amide bonds. The average Bonchev–Trinajstić information content (AvgIpc) is 2.31. The first kappa shape index (κ1) is 15.2. The lowest BCUT2D eigenvalue weighted by Gasteiger charge is -2.21. The molecule has 1 N–H and O–H groups in total. The average molecular weight is 316 g/mol. The fourth-order valence-corrected chi connectivity index (χ4v) is 2.30. The van der Waals surface area contributed by atoms with Gasteiger partial charge in [-0.25, -0.2) is 9.97 Å². The van der Waals surface area contributed by atoms with Crippen LogP contribution in [0.1, 0.15) is 13.3 Å². The van der Waals surface area contributed by atoms with Gasteiger partial charge >= 0.3 is 0 Å². The fourth-order valence-electron chi connectivity index (χ4n) is 1.65. The van der Waals surface area contributed by atoms with Crippen LogP contribution in [-0.4, -0.2) is 55.6 Å². The summed E-state index contributed by atoms with van der Waals surface area (Å²) in [5, 5.41) is 3.21. The van der Waals surface area contributed by atoms with E-state index in [4.69, 9.17) is 0 Å². The summed E-state index contributed by atoms with van der Waals surface area (Å²) in [6, 6.07) is 0. The van der Waals surface area contributed by atoms with Crippen molar-refractivity contribution in [1.82, 2.24) is 14.9 Å². The quantitative estimate of drug-likeness (QED) is 0.834. The lowest BCUT2D eigenvalue weighted by molar-refractivity contribution is 0.401. The molecule has 1 rings (SSSR count). The highest BCUT2D eigenvalue weighted by molar-refractivity contribution is 9.10. The second kappa shape index (κ2) is 7.53. The van der Waals surface area contributed by atoms with Crippen molar-refractivity contribution in [1.29, 1.82) is 0 Å². The molecule has 102 valence electrons. The highest BCUT2D eigenvalue weighted by atomic mass is 79.9. The molecule has 0 radical (unpaired) electrons. The van der Waals surface area contributed by atoms with E-state index in [0.717, 1.165) is 42.2 Å². The second-order valence-corrected chi connectivity index (χ2v) is 5.26. The molecular weight excluding hydrogens is 294 g/mol. The van der Waals surface area contributed by atoms with Gasteiger partial charge in [-0.1, -0.05) is 0 Å². The smallest absolute Gasteiger partial charge is 0.148 e. The van der Waals surface area contributed by atoms with Crippen molar-refractivity contribution in [2.45, 2.75) is 13.3 Å². The van der Waals surface area contributed by atoms with Crippen LogP contribution in [0.25, 0.3) is 0 Å². The van der Waals surface area contributed by atoms with E-state index in [2.05, 4.69) is 69.1 Å². The van der Waals surface area contributed by atoms with Gasteiger partial charge in [0.15, 0.2) is 0 Å². The number of aromatic nitrogens is 2. The molecule has 0 spiro atoms. The van der Waals surface area contributed by atoms with Crippen molar-refractivity contribution in [2.75, 3.05) is 51.0 Å². The summed E-state index contributed by atoms with van der Waals surface area (Å²) in [6.07, 6.45) is 2.71. The summed E-state index contributed by atoms with van der Waals surface area (Å²) >= 11 is 3.56. The predicted molar refractivity (Wildman–Crippen MR) is 80.3 cm³/mol. The van der Waals surface area contributed by atoms with Crippen molar-refractivity contribution < 1.29 is 0 Å². The number of nitrogens with zero attached hydrogens (tertiary/aromatic N) is 4. The van der Waals surface area contributed by atoms with Gasteiger partial charge in [0.2, 0.25) is 0 Å². The fraction of sp³-hybridized carbons (Fsp3) is 0.667. The molecule has 0 aromatic carbocycles. The number of hydrogen-bond donors (Lipinski definition) is 1. The van der Waals surface area contributed by atoms with E-state index in [1.54, 1.807) is 6.33 Å². The van der Waals surface area contributed by atoms with Gasteiger partial charge in [-0.2, -0.15) is 0 Å². The lowest BCUT2D eigenvalue weighted by atomic mass is 10.3. The molecule has 0 aliphatic rings. The summed E-state index contributed by atoms with van der Waals surface area (Å²) in [7, 11) is 6.23. The maximum Gasteiger partial charge on any atom is 0.148 e. The standard InChI is InChI=1S/C12H22BrN5/c1-5-14-11-10(13)12(16-9-15-11)18(4)8-6-7-17(2)3/h9H,5-8H2,1-4H3,(H,14,15,16). The molecule has 18 heavy (non-hydrogen) atoms. The van der Waals surface area contributed by atoms with Gasteiger partial charge in [0.05, 0.1) is 0 Å². The van der Waals surface area contributed by atoms with E-state index in [1.165, 1.54) is 0 Å². The van der Waals surface area contributed by atoms with E-state index in [0.29, 0.717) is 0 Å². The maximum absolute atomic E-state index is 4.33. The highest BCUT2D eigenvalue weighted by Crippen LogP contribution is 2.28. The minimum atomic E-state index is 0.847. The van der Waals surface area contributed by atoms with Crippen molar-refractivity contribution in [3.05, 3.63) is 10.8 Å². The molecule has 0 bridgehead atoms. The van der Waals surface area contributed by atoms with Gasteiger partial charge < -0.3 is 15.1 Å². The molecule has 0 aliphatic carbocycles. The van der Waals surface area contributed by atoms with E-state index >= 15 is 0 Å². The SMILES string of the molecule is CCNc1ncnc(N(C)CCCN(C)C)c1Br. The molecule has 0 unspecified atom stereocenters. The minimum Gasteiger partial charge on any atom is -0.369 e. The topological polar surface area (TPSA) is 44.3 Å². The third-order valence-corrected chi connectivity index (χ3v) is 3.31. The van der Waals surface area contributed by atoms with E-state index in [1.807, 2.05) is 0 Å². The van der Waals surface area contributed by atoms with Crippen LogP contribution in [0.15, 0.2) is 10.8 Å². The summed E-state index contributed by atoms with van der Waals surface area (Å²) in [4.78, 5) is 12.9. The first-order valence-corrected chi connectivity index (χ1v) is 6.95. The predicted octanol–water partition coefficient (Wildman–Crippen LogP) is 2.06. The number of anilines is 2. The first-order chi connectivity index (χ1) is 8.56. The van der Waals surface area contributed by atoms with E-state index in [9.17, 15) is 0 Å². The van der Waals surface area contributed by atoms with E-state index in [-0.39, 0.29) is 0 Å². The van der Waals surface area contributed by atoms with Crippen LogP contribution in [0, 0.1) is 0 Å². The third kappa shape index (κ3) is 4.42. The van der Waals surface area contributed by atoms with Gasteiger partial charge in [0.25, 0.3) is 0 Å². The summed E-state index contributed by atoms with van der Waals surface area (Å²) < 4.78 is 0.930. The summed E-state index contributed by atoms with van der Waals surface area (Å²) in [5.41, 5.74) is 0. The molecule has 1 aromatic rings. The van der Waals surface area contributed by atoms with Crippen molar-refractivity contribution in [2.24, 2.45) is 0 Å². The largest absolute Gasteiger partial charge is 0.369 e. The Bertz CT molecular complexity index is 369. The molecule has 1 heterocycles. The highest BCUT2D eigenvalue weighted by Gasteiger charge is 2.11. The number of nitrogens with one attached hydrogen (secondary N) is 1. The molecule has 0 aliphatic heterocycles. The van der Waals surface area contributed by atoms with Gasteiger partial charge in [-0.05, 0) is 49.9 Å². The van der Waals surface area contributed by atoms with Crippen molar-refractivity contribution in [3.8, 4) is 0 Å². The van der Waals surface area contributed by atoms with Crippen LogP contribution in [0.3, 0.4) is 0 Å². The number of halogens is 1. The van der Waals surface area contributed by atoms with Crippen LogP contribution >= 0.6 is 15.9 Å². The zero-order valence-electron chi connectivity index (χ0n) is 11.6. The molecule has 0 saturated heterocycles. The summed E-state index contributed by atoms with van der Waals surface area (Å²) in [6.45, 7) is 4.95. The molecule has 0 fully saturated rings. The molecular formula is C12H22BrN5. The van der Waals surface area contributed by atoms with Crippen LogP contribution in [0.2, 0.25) is 0 Å². The Balaban J connectivity index is 2.67. The lowest BCUT2D eigenvalue weighted by Crippen LogP contribution is -2.24. The zero-order chi connectivity index (χ0) is 13.5. The van der Waals surface area contributed by atoms with Crippen LogP contribution in [0.4, 0.5) is 11.6 Å². The van der Waals surface area contributed by atoms with Crippen LogP contribution in [0.5, 0.6) is 0 Å². The van der Waals surface area contributed by atoms with Gasteiger partial charge in [-0.15, -0.1) is 0 Å². The Morgan fingerprint density at radius 2 is 1.94 bits per heavy atom. The Kier molecular flexibility index (Phi) is 6.35. The monoisotopic (exact) mass is 315 g/mol. The Hall–Kier alpha value is -0.880. The second-order valence-electron chi connectivity index (χ2n) is 4.47. The Morgan fingerprint density at radius 3 is 2.56 bits per heavy atom. The molecule has 0 atom stereocenters. The number of rotatable bonds is 7. The third-order valence-electron chi connectivity index (χ3n) is 2.58. The van der Waals surface area contributed by atoms with E-state index < -0.39 is 0 Å². The van der Waals surface area contributed by atoms with Gasteiger partial charge in [-0.3, -0.25) is 0 Å². The Labute approximate surface area is 118 Å². The van der Waals surface area contributed by atoms with Gasteiger partial charge in [0.1, 0.15) is 22.4 Å². The molecule has 1 aromatic heterocycles. The van der Waals surface area contributed by atoms with Crippen molar-refractivity contribution >= 4 is 27.6 Å². The van der Waals surface area contributed by atoms with Crippen LogP contribution < -0.4 is 10.2 Å².